The molecule has 1 amide bonds. The molecule has 4 aliphatic rings. The highest BCUT2D eigenvalue weighted by atomic mass is 16.2. The molecule has 5 rings (SSSR count). The topological polar surface area (TPSA) is 35.6 Å². The van der Waals surface area contributed by atoms with Gasteiger partial charge in [-0.05, 0) is 57.7 Å². The van der Waals surface area contributed by atoms with Gasteiger partial charge in [0.1, 0.15) is 0 Å². The number of fused-ring (bicyclic) bond motifs is 1. The third-order valence-electron chi connectivity index (χ3n) is 7.46. The molecule has 1 N–H and O–H groups in total. The summed E-state index contributed by atoms with van der Waals surface area (Å²) >= 11 is 0. The average molecular weight is 354 g/mol. The van der Waals surface area contributed by atoms with E-state index in [4.69, 9.17) is 0 Å². The number of aryl methyl sites for hydroxylation is 1. The Morgan fingerprint density at radius 3 is 2.58 bits per heavy atom. The SMILES string of the molecule is Cc1ccc([C@]23C[C@H]2CN(CC2(C)CN(C4CCNCC4)C2=O)C3)cc1. The summed E-state index contributed by atoms with van der Waals surface area (Å²) in [5.41, 5.74) is 3.07. The number of likely N-dealkylation sites (tertiary alicyclic amines) is 2. The minimum Gasteiger partial charge on any atom is -0.338 e. The summed E-state index contributed by atoms with van der Waals surface area (Å²) < 4.78 is 0. The van der Waals surface area contributed by atoms with Crippen LogP contribution in [0.1, 0.15) is 37.3 Å². The zero-order valence-corrected chi connectivity index (χ0v) is 16.1. The molecule has 140 valence electrons. The van der Waals surface area contributed by atoms with Crippen molar-refractivity contribution < 1.29 is 4.79 Å². The Kier molecular flexibility index (Phi) is 3.74. The van der Waals surface area contributed by atoms with E-state index in [1.165, 1.54) is 24.1 Å². The van der Waals surface area contributed by atoms with Crippen molar-refractivity contribution in [3.63, 3.8) is 0 Å². The van der Waals surface area contributed by atoms with Gasteiger partial charge in [-0.1, -0.05) is 29.8 Å². The van der Waals surface area contributed by atoms with Crippen molar-refractivity contribution in [2.45, 2.75) is 44.6 Å². The van der Waals surface area contributed by atoms with Crippen LogP contribution in [0.25, 0.3) is 0 Å². The summed E-state index contributed by atoms with van der Waals surface area (Å²) in [5, 5.41) is 3.40. The Morgan fingerprint density at radius 2 is 1.88 bits per heavy atom. The zero-order chi connectivity index (χ0) is 17.9. The molecule has 0 spiro atoms. The smallest absolute Gasteiger partial charge is 0.231 e. The monoisotopic (exact) mass is 353 g/mol. The van der Waals surface area contributed by atoms with Gasteiger partial charge in [-0.2, -0.15) is 0 Å². The van der Waals surface area contributed by atoms with Crippen LogP contribution in [0.3, 0.4) is 0 Å². The van der Waals surface area contributed by atoms with Crippen molar-refractivity contribution in [1.82, 2.24) is 15.1 Å². The predicted molar refractivity (Wildman–Crippen MR) is 103 cm³/mol. The summed E-state index contributed by atoms with van der Waals surface area (Å²) in [6, 6.07) is 9.62. The van der Waals surface area contributed by atoms with Crippen LogP contribution in [0, 0.1) is 18.3 Å². The van der Waals surface area contributed by atoms with E-state index in [0.717, 1.165) is 51.5 Å². The molecule has 3 aliphatic heterocycles. The van der Waals surface area contributed by atoms with Crippen molar-refractivity contribution in [1.29, 1.82) is 0 Å². The van der Waals surface area contributed by atoms with Gasteiger partial charge < -0.3 is 15.1 Å². The molecular weight excluding hydrogens is 322 g/mol. The van der Waals surface area contributed by atoms with Gasteiger partial charge in [0.25, 0.3) is 0 Å². The Balaban J connectivity index is 1.22. The van der Waals surface area contributed by atoms with Crippen LogP contribution in [0.4, 0.5) is 0 Å². The summed E-state index contributed by atoms with van der Waals surface area (Å²) in [7, 11) is 0. The van der Waals surface area contributed by atoms with E-state index in [-0.39, 0.29) is 5.41 Å². The van der Waals surface area contributed by atoms with E-state index < -0.39 is 0 Å². The minimum absolute atomic E-state index is 0.157. The molecule has 4 heteroatoms. The fraction of sp³-hybridized carbons (Fsp3) is 0.682. The zero-order valence-electron chi connectivity index (χ0n) is 16.1. The molecule has 1 saturated carbocycles. The number of benzene rings is 1. The lowest BCUT2D eigenvalue weighted by molar-refractivity contribution is -0.165. The number of piperidine rings is 2. The van der Waals surface area contributed by atoms with E-state index in [1.807, 2.05) is 0 Å². The van der Waals surface area contributed by atoms with Crippen molar-refractivity contribution in [2.24, 2.45) is 11.3 Å². The van der Waals surface area contributed by atoms with Crippen molar-refractivity contribution in [3.8, 4) is 0 Å². The largest absolute Gasteiger partial charge is 0.338 e. The average Bonchev–Trinajstić information content (AvgIpc) is 3.23. The fourth-order valence-corrected chi connectivity index (χ4v) is 5.84. The number of nitrogens with one attached hydrogen (secondary N) is 1. The lowest BCUT2D eigenvalue weighted by atomic mass is 9.78. The van der Waals surface area contributed by atoms with Crippen LogP contribution in [-0.4, -0.2) is 61.0 Å². The first-order valence-corrected chi connectivity index (χ1v) is 10.3. The molecule has 3 atom stereocenters. The number of amides is 1. The quantitative estimate of drug-likeness (QED) is 0.843. The van der Waals surface area contributed by atoms with Gasteiger partial charge in [-0.15, -0.1) is 0 Å². The van der Waals surface area contributed by atoms with Gasteiger partial charge in [0.05, 0.1) is 5.41 Å². The van der Waals surface area contributed by atoms with Gasteiger partial charge >= 0.3 is 0 Å². The number of carbonyl (C=O) groups is 1. The van der Waals surface area contributed by atoms with Gasteiger partial charge in [0.2, 0.25) is 5.91 Å². The highest BCUT2D eigenvalue weighted by molar-refractivity contribution is 5.89. The van der Waals surface area contributed by atoms with E-state index in [1.54, 1.807) is 0 Å². The maximum Gasteiger partial charge on any atom is 0.231 e. The molecule has 3 saturated heterocycles. The van der Waals surface area contributed by atoms with E-state index in [2.05, 4.69) is 53.2 Å². The van der Waals surface area contributed by atoms with Crippen LogP contribution < -0.4 is 5.32 Å². The van der Waals surface area contributed by atoms with Gasteiger partial charge in [0, 0.05) is 37.6 Å². The molecule has 3 heterocycles. The third kappa shape index (κ3) is 2.53. The second-order valence-corrected chi connectivity index (χ2v) is 9.57. The fourth-order valence-electron chi connectivity index (χ4n) is 5.84. The summed E-state index contributed by atoms with van der Waals surface area (Å²) in [6.45, 7) is 10.7. The first-order valence-electron chi connectivity index (χ1n) is 10.3. The molecular formula is C22H31N3O. The number of rotatable bonds is 4. The van der Waals surface area contributed by atoms with E-state index in [9.17, 15) is 4.79 Å². The maximum absolute atomic E-state index is 12.9. The van der Waals surface area contributed by atoms with Crippen molar-refractivity contribution in [2.75, 3.05) is 39.3 Å². The van der Waals surface area contributed by atoms with E-state index in [0.29, 0.717) is 17.4 Å². The van der Waals surface area contributed by atoms with Crippen LogP contribution in [0.2, 0.25) is 0 Å². The Morgan fingerprint density at radius 1 is 1.15 bits per heavy atom. The standard InChI is InChI=1S/C22H31N3O/c1-16-3-5-17(6-4-16)22-11-18(22)12-24(15-22)13-21(2)14-25(20(21)26)19-7-9-23-10-8-19/h3-6,18-19,23H,7-15H2,1-2H3/t18-,21?,22+/m0/s1. The Hall–Kier alpha value is -1.39. The maximum atomic E-state index is 12.9. The number of β-lactam (4-membered cyclic amide) rings is 1. The molecule has 4 nitrogen and oxygen atoms in total. The second kappa shape index (κ2) is 5.80. The number of nitrogens with zero attached hydrogens (tertiary/aromatic N) is 2. The predicted octanol–water partition coefficient (Wildman–Crippen LogP) is 2.17. The van der Waals surface area contributed by atoms with E-state index >= 15 is 0 Å². The number of hydrogen-bond donors (Lipinski definition) is 1. The second-order valence-electron chi connectivity index (χ2n) is 9.57. The van der Waals surface area contributed by atoms with Crippen molar-refractivity contribution in [3.05, 3.63) is 35.4 Å². The summed E-state index contributed by atoms with van der Waals surface area (Å²) in [4.78, 5) is 17.7. The van der Waals surface area contributed by atoms with Crippen LogP contribution in [0.15, 0.2) is 24.3 Å². The normalized spacial score (nSPS) is 37.5. The summed E-state index contributed by atoms with van der Waals surface area (Å²) in [5.74, 6) is 1.19. The first kappa shape index (κ1) is 16.8. The third-order valence-corrected chi connectivity index (χ3v) is 7.46. The molecule has 4 fully saturated rings. The summed E-state index contributed by atoms with van der Waals surface area (Å²) in [6.07, 6.45) is 3.56. The Bertz CT molecular complexity index is 711. The molecule has 26 heavy (non-hydrogen) atoms. The Labute approximate surface area is 156 Å². The highest BCUT2D eigenvalue weighted by Gasteiger charge is 2.62. The van der Waals surface area contributed by atoms with Crippen LogP contribution in [0.5, 0.6) is 0 Å². The van der Waals surface area contributed by atoms with Gasteiger partial charge in [-0.25, -0.2) is 0 Å². The highest BCUT2D eigenvalue weighted by Crippen LogP contribution is 2.59. The molecule has 1 unspecified atom stereocenters. The lowest BCUT2D eigenvalue weighted by Gasteiger charge is -2.52. The van der Waals surface area contributed by atoms with Crippen molar-refractivity contribution >= 4 is 5.91 Å². The molecule has 0 radical (unpaired) electrons. The first-order chi connectivity index (χ1) is 12.5. The van der Waals surface area contributed by atoms with Crippen LogP contribution in [-0.2, 0) is 10.2 Å². The number of hydrogen-bond acceptors (Lipinski definition) is 3. The molecule has 1 aromatic carbocycles. The van der Waals surface area contributed by atoms with Gasteiger partial charge in [0.15, 0.2) is 0 Å². The number of carbonyl (C=O) groups excluding carboxylic acids is 1. The lowest BCUT2D eigenvalue weighted by Crippen LogP contribution is -2.67. The van der Waals surface area contributed by atoms with Gasteiger partial charge in [-0.3, -0.25) is 4.79 Å². The molecule has 1 aliphatic carbocycles. The minimum atomic E-state index is -0.157. The molecule has 0 aromatic heterocycles. The molecule has 0 bridgehead atoms. The molecule has 1 aromatic rings. The van der Waals surface area contributed by atoms with Crippen LogP contribution >= 0.6 is 0 Å².